The summed E-state index contributed by atoms with van der Waals surface area (Å²) in [7, 11) is 3.23. The number of ether oxygens (including phenoxy) is 1. The SMILES string of the molecule is COC(=O)/C=C/c1c(C)nn(C)c1C. The summed E-state index contributed by atoms with van der Waals surface area (Å²) in [6.45, 7) is 3.86. The summed E-state index contributed by atoms with van der Waals surface area (Å²) in [5, 5.41) is 4.23. The number of rotatable bonds is 2. The van der Waals surface area contributed by atoms with Gasteiger partial charge < -0.3 is 4.74 Å². The fourth-order valence-corrected chi connectivity index (χ4v) is 1.25. The van der Waals surface area contributed by atoms with Crippen LogP contribution in [0.25, 0.3) is 6.08 Å². The van der Waals surface area contributed by atoms with E-state index in [2.05, 4.69) is 9.84 Å². The van der Waals surface area contributed by atoms with Crippen LogP contribution >= 0.6 is 0 Å². The molecule has 1 aromatic heterocycles. The van der Waals surface area contributed by atoms with E-state index in [0.29, 0.717) is 0 Å². The Bertz CT molecular complexity index is 378. The molecule has 1 heterocycles. The van der Waals surface area contributed by atoms with Crippen LogP contribution in [0.4, 0.5) is 0 Å². The minimum atomic E-state index is -0.354. The van der Waals surface area contributed by atoms with Crippen LogP contribution in [-0.2, 0) is 16.6 Å². The van der Waals surface area contributed by atoms with Crippen molar-refractivity contribution >= 4 is 12.0 Å². The zero-order valence-electron chi connectivity index (χ0n) is 8.87. The Kier molecular flexibility index (Phi) is 3.06. The molecule has 0 saturated carbocycles. The van der Waals surface area contributed by atoms with Gasteiger partial charge in [-0.2, -0.15) is 5.10 Å². The predicted octanol–water partition coefficient (Wildman–Crippen LogP) is 1.22. The lowest BCUT2D eigenvalue weighted by atomic mass is 10.2. The number of carbonyl (C=O) groups excluding carboxylic acids is 1. The van der Waals surface area contributed by atoms with Crippen molar-refractivity contribution in [2.45, 2.75) is 13.8 Å². The van der Waals surface area contributed by atoms with Crippen LogP contribution in [0, 0.1) is 13.8 Å². The van der Waals surface area contributed by atoms with Crippen molar-refractivity contribution in [2.75, 3.05) is 7.11 Å². The van der Waals surface area contributed by atoms with Gasteiger partial charge in [-0.1, -0.05) is 0 Å². The summed E-state index contributed by atoms with van der Waals surface area (Å²) < 4.78 is 6.29. The minimum Gasteiger partial charge on any atom is -0.466 e. The molecule has 76 valence electrons. The predicted molar refractivity (Wildman–Crippen MR) is 53.7 cm³/mol. The van der Waals surface area contributed by atoms with Crippen LogP contribution < -0.4 is 0 Å². The lowest BCUT2D eigenvalue weighted by Gasteiger charge is -1.94. The summed E-state index contributed by atoms with van der Waals surface area (Å²) in [6.07, 6.45) is 3.13. The second kappa shape index (κ2) is 4.09. The average Bonchev–Trinajstić information content (AvgIpc) is 2.39. The molecule has 0 fully saturated rings. The van der Waals surface area contributed by atoms with Gasteiger partial charge in [0.1, 0.15) is 0 Å². The number of aromatic nitrogens is 2. The van der Waals surface area contributed by atoms with Crippen molar-refractivity contribution in [3.8, 4) is 0 Å². The molecule has 0 atom stereocenters. The monoisotopic (exact) mass is 194 g/mol. The lowest BCUT2D eigenvalue weighted by molar-refractivity contribution is -0.134. The van der Waals surface area contributed by atoms with E-state index in [0.717, 1.165) is 17.0 Å². The number of carbonyl (C=O) groups is 1. The third kappa shape index (κ3) is 2.02. The maximum atomic E-state index is 10.9. The van der Waals surface area contributed by atoms with Crippen molar-refractivity contribution in [2.24, 2.45) is 7.05 Å². The van der Waals surface area contributed by atoms with Crippen LogP contribution in [-0.4, -0.2) is 22.9 Å². The smallest absolute Gasteiger partial charge is 0.330 e. The third-order valence-corrected chi connectivity index (χ3v) is 2.15. The zero-order chi connectivity index (χ0) is 10.7. The van der Waals surface area contributed by atoms with Crippen molar-refractivity contribution in [1.82, 2.24) is 9.78 Å². The molecule has 0 unspecified atom stereocenters. The van der Waals surface area contributed by atoms with Crippen LogP contribution in [0.3, 0.4) is 0 Å². The standard InChI is InChI=1S/C10H14N2O2/c1-7-9(5-6-10(13)14-4)8(2)12(3)11-7/h5-6H,1-4H3/b6-5+. The molecule has 0 N–H and O–H groups in total. The van der Waals surface area contributed by atoms with Gasteiger partial charge in [0.05, 0.1) is 12.8 Å². The van der Waals surface area contributed by atoms with Gasteiger partial charge in [0.15, 0.2) is 0 Å². The highest BCUT2D eigenvalue weighted by molar-refractivity contribution is 5.87. The average molecular weight is 194 g/mol. The quantitative estimate of drug-likeness (QED) is 0.525. The molecule has 4 nitrogen and oxygen atoms in total. The topological polar surface area (TPSA) is 44.1 Å². The van der Waals surface area contributed by atoms with Crippen molar-refractivity contribution < 1.29 is 9.53 Å². The fourth-order valence-electron chi connectivity index (χ4n) is 1.25. The first-order valence-electron chi connectivity index (χ1n) is 4.32. The van der Waals surface area contributed by atoms with Crippen LogP contribution in [0.5, 0.6) is 0 Å². The molecule has 0 bridgehead atoms. The molecule has 4 heteroatoms. The molecular weight excluding hydrogens is 180 g/mol. The number of methoxy groups -OCH3 is 1. The number of hydrogen-bond acceptors (Lipinski definition) is 3. The second-order valence-electron chi connectivity index (χ2n) is 3.06. The van der Waals surface area contributed by atoms with Gasteiger partial charge in [-0.05, 0) is 19.9 Å². The molecule has 0 aromatic carbocycles. The van der Waals surface area contributed by atoms with Gasteiger partial charge in [0, 0.05) is 24.4 Å². The zero-order valence-corrected chi connectivity index (χ0v) is 8.87. The number of hydrogen-bond donors (Lipinski definition) is 0. The fraction of sp³-hybridized carbons (Fsp3) is 0.400. The van der Waals surface area contributed by atoms with Crippen molar-refractivity contribution in [1.29, 1.82) is 0 Å². The highest BCUT2D eigenvalue weighted by atomic mass is 16.5. The summed E-state index contributed by atoms with van der Waals surface area (Å²) in [5.74, 6) is -0.354. The molecule has 14 heavy (non-hydrogen) atoms. The highest BCUT2D eigenvalue weighted by Crippen LogP contribution is 2.13. The first-order chi connectivity index (χ1) is 6.56. The summed E-state index contributed by atoms with van der Waals surface area (Å²) in [6, 6.07) is 0. The van der Waals surface area contributed by atoms with E-state index in [9.17, 15) is 4.79 Å². The maximum absolute atomic E-state index is 10.9. The van der Waals surface area contributed by atoms with Crippen molar-refractivity contribution in [3.05, 3.63) is 23.0 Å². The maximum Gasteiger partial charge on any atom is 0.330 e. The Hall–Kier alpha value is -1.58. The Balaban J connectivity index is 2.97. The number of nitrogens with zero attached hydrogens (tertiary/aromatic N) is 2. The Morgan fingerprint density at radius 2 is 2.14 bits per heavy atom. The van der Waals surface area contributed by atoms with Gasteiger partial charge >= 0.3 is 5.97 Å². The molecule has 1 rings (SSSR count). The van der Waals surface area contributed by atoms with Gasteiger partial charge in [-0.15, -0.1) is 0 Å². The van der Waals surface area contributed by atoms with Gasteiger partial charge in [-0.3, -0.25) is 4.68 Å². The Labute approximate surface area is 83.2 Å². The van der Waals surface area contributed by atoms with Gasteiger partial charge in [0.2, 0.25) is 0 Å². The number of aryl methyl sites for hydroxylation is 2. The first-order valence-corrected chi connectivity index (χ1v) is 4.32. The highest BCUT2D eigenvalue weighted by Gasteiger charge is 2.05. The Morgan fingerprint density at radius 3 is 2.57 bits per heavy atom. The molecule has 0 saturated heterocycles. The minimum absolute atomic E-state index is 0.354. The van der Waals surface area contributed by atoms with Gasteiger partial charge in [-0.25, -0.2) is 4.79 Å². The molecule has 0 spiro atoms. The van der Waals surface area contributed by atoms with E-state index in [1.807, 2.05) is 20.9 Å². The van der Waals surface area contributed by atoms with Crippen LogP contribution in [0.15, 0.2) is 6.08 Å². The van der Waals surface area contributed by atoms with Crippen LogP contribution in [0.2, 0.25) is 0 Å². The van der Waals surface area contributed by atoms with Crippen molar-refractivity contribution in [3.63, 3.8) is 0 Å². The summed E-state index contributed by atoms with van der Waals surface area (Å²) in [5.41, 5.74) is 2.91. The second-order valence-corrected chi connectivity index (χ2v) is 3.06. The van der Waals surface area contributed by atoms with E-state index in [1.54, 1.807) is 10.8 Å². The molecule has 0 aliphatic carbocycles. The van der Waals surface area contributed by atoms with E-state index >= 15 is 0 Å². The van der Waals surface area contributed by atoms with Crippen LogP contribution in [0.1, 0.15) is 17.0 Å². The van der Waals surface area contributed by atoms with Gasteiger partial charge in [0.25, 0.3) is 0 Å². The molecular formula is C10H14N2O2. The summed E-state index contributed by atoms with van der Waals surface area (Å²) in [4.78, 5) is 10.9. The number of esters is 1. The van der Waals surface area contributed by atoms with E-state index in [4.69, 9.17) is 0 Å². The third-order valence-electron chi connectivity index (χ3n) is 2.15. The molecule has 0 aliphatic rings. The Morgan fingerprint density at radius 1 is 1.50 bits per heavy atom. The van der Waals surface area contributed by atoms with E-state index in [1.165, 1.54) is 13.2 Å². The first kappa shape index (κ1) is 10.5. The summed E-state index contributed by atoms with van der Waals surface area (Å²) >= 11 is 0. The molecule has 0 radical (unpaired) electrons. The molecule has 1 aromatic rings. The van der Waals surface area contributed by atoms with E-state index < -0.39 is 0 Å². The lowest BCUT2D eigenvalue weighted by Crippen LogP contribution is -1.94. The molecule has 0 amide bonds. The van der Waals surface area contributed by atoms with E-state index in [-0.39, 0.29) is 5.97 Å². The molecule has 0 aliphatic heterocycles. The normalized spacial score (nSPS) is 10.9. The largest absolute Gasteiger partial charge is 0.466 e.